The molecule has 0 aromatic heterocycles. The van der Waals surface area contributed by atoms with Gasteiger partial charge in [0, 0.05) is 20.2 Å². The van der Waals surface area contributed by atoms with E-state index in [0.29, 0.717) is 6.61 Å². The van der Waals surface area contributed by atoms with Gasteiger partial charge in [0.25, 0.3) is 0 Å². The average Bonchev–Trinajstić information content (AvgIpc) is 2.67. The van der Waals surface area contributed by atoms with Crippen LogP contribution < -0.4 is 0 Å². The van der Waals surface area contributed by atoms with Crippen molar-refractivity contribution in [3.05, 3.63) is 12.3 Å². The normalized spacial score (nSPS) is 11.7. The Hall–Kier alpha value is -0.670. The van der Waals surface area contributed by atoms with Crippen molar-refractivity contribution in [1.29, 1.82) is 0 Å². The number of allylic oxidation sites excluding steroid dienone is 1. The van der Waals surface area contributed by atoms with Crippen LogP contribution in [0.15, 0.2) is 12.3 Å². The Morgan fingerprint density at radius 3 is 1.61 bits per heavy atom. The first-order chi connectivity index (χ1) is 14.8. The Morgan fingerprint density at radius 1 is 0.710 bits per heavy atom. The van der Waals surface area contributed by atoms with Crippen LogP contribution in [0.2, 0.25) is 0 Å². The maximum Gasteiger partial charge on any atom is 0.466 e. The van der Waals surface area contributed by atoms with Gasteiger partial charge in [0.1, 0.15) is 6.26 Å². The predicted octanol–water partition coefficient (Wildman–Crippen LogP) is 4.62. The van der Waals surface area contributed by atoms with Crippen LogP contribution in [0.1, 0.15) is 85.0 Å². The molecule has 0 aliphatic rings. The van der Waals surface area contributed by atoms with Crippen LogP contribution in [0.3, 0.4) is 0 Å². The van der Waals surface area contributed by atoms with E-state index in [4.69, 9.17) is 24.1 Å². The van der Waals surface area contributed by atoms with Crippen LogP contribution in [0.5, 0.6) is 0 Å². The summed E-state index contributed by atoms with van der Waals surface area (Å²) in [5, 5.41) is 27.7. The Balaban J connectivity index is 0. The maximum absolute atomic E-state index is 8.88. The van der Waals surface area contributed by atoms with Gasteiger partial charge in [-0.15, -0.1) is 0 Å². The van der Waals surface area contributed by atoms with Gasteiger partial charge in [-0.05, 0) is 40.5 Å². The second-order valence-electron chi connectivity index (χ2n) is 6.74. The van der Waals surface area contributed by atoms with E-state index in [1.165, 1.54) is 57.6 Å². The van der Waals surface area contributed by atoms with Crippen molar-refractivity contribution in [3.63, 3.8) is 0 Å². The largest absolute Gasteiger partial charge is 0.466 e. The minimum absolute atomic E-state index is 0.385. The Bertz CT molecular complexity index is 409. The molecule has 0 amide bonds. The third-order valence-corrected chi connectivity index (χ3v) is 3.45. The summed E-state index contributed by atoms with van der Waals surface area (Å²) >= 11 is 0. The van der Waals surface area contributed by atoms with Crippen molar-refractivity contribution in [2.45, 2.75) is 85.0 Å². The molecule has 31 heavy (non-hydrogen) atoms. The van der Waals surface area contributed by atoms with Gasteiger partial charge >= 0.3 is 7.82 Å². The third kappa shape index (κ3) is 43.9. The first kappa shape index (κ1) is 32.5. The highest BCUT2D eigenvalue weighted by atomic mass is 31.2. The molecule has 0 bridgehead atoms. The van der Waals surface area contributed by atoms with E-state index in [1.54, 1.807) is 13.0 Å². The van der Waals surface area contributed by atoms with E-state index in [9.17, 15) is 0 Å². The number of unbranched alkanes of at least 4 members (excludes halogenated alkanes) is 8. The highest BCUT2D eigenvalue weighted by Gasteiger charge is 2.00. The van der Waals surface area contributed by atoms with Crippen molar-refractivity contribution in [1.82, 2.24) is 0 Å². The van der Waals surface area contributed by atoms with Gasteiger partial charge in [-0.2, -0.15) is 0 Å². The molecular formula is C17H37O13P. The lowest BCUT2D eigenvalue weighted by molar-refractivity contribution is -0.829. The van der Waals surface area contributed by atoms with Gasteiger partial charge in [-0.25, -0.2) is 9.45 Å². The topological polar surface area (TPSA) is 161 Å². The summed E-state index contributed by atoms with van der Waals surface area (Å²) in [6, 6.07) is 0. The zero-order valence-corrected chi connectivity index (χ0v) is 19.3. The van der Waals surface area contributed by atoms with Crippen molar-refractivity contribution >= 4 is 7.82 Å². The van der Waals surface area contributed by atoms with E-state index < -0.39 is 7.82 Å². The van der Waals surface area contributed by atoms with Crippen LogP contribution in [0.4, 0.5) is 0 Å². The molecule has 0 aliphatic carbocycles. The zero-order chi connectivity index (χ0) is 23.6. The standard InChI is InChI=1S/C17H34O9.H3O4P/c1-4-15-18-20-22-24-26-25-23-21-19-16-13-11-9-7-5-6-8-10-12-14-17(2)3;1-5(2,3)4/h4,15,17H,5-14,16H2,1-3H3;(H3,1,2,3,4). The van der Waals surface area contributed by atoms with E-state index in [1.807, 2.05) is 0 Å². The SMILES string of the molecule is CC=COOOOOOOOOCCCCCCCCCCCC(C)C.O=P(O)(O)O. The Morgan fingerprint density at radius 2 is 1.13 bits per heavy atom. The number of phosphoric acid groups is 1. The van der Waals surface area contributed by atoms with E-state index in [-0.39, 0.29) is 0 Å². The van der Waals surface area contributed by atoms with Gasteiger partial charge in [-0.1, -0.05) is 71.6 Å². The molecule has 0 radical (unpaired) electrons. The summed E-state index contributed by atoms with van der Waals surface area (Å²) in [6.07, 6.45) is 15.2. The monoisotopic (exact) mass is 480 g/mol. The molecule has 0 aliphatic heterocycles. The minimum atomic E-state index is -4.64. The molecule has 0 fully saturated rings. The summed E-state index contributed by atoms with van der Waals surface area (Å²) in [7, 11) is -4.64. The highest BCUT2D eigenvalue weighted by Crippen LogP contribution is 2.25. The Labute approximate surface area is 182 Å². The highest BCUT2D eigenvalue weighted by molar-refractivity contribution is 7.45. The quantitative estimate of drug-likeness (QED) is 0.0687. The summed E-state index contributed by atoms with van der Waals surface area (Å²) in [5.41, 5.74) is 0. The van der Waals surface area contributed by atoms with Crippen LogP contribution in [0.25, 0.3) is 0 Å². The van der Waals surface area contributed by atoms with E-state index in [0.717, 1.165) is 18.8 Å². The second-order valence-corrected chi connectivity index (χ2v) is 7.77. The van der Waals surface area contributed by atoms with Crippen LogP contribution in [0, 0.1) is 5.92 Å². The van der Waals surface area contributed by atoms with E-state index >= 15 is 0 Å². The molecule has 14 heteroatoms. The molecular weight excluding hydrogens is 443 g/mol. The number of rotatable bonds is 21. The maximum atomic E-state index is 8.88. The molecule has 0 aromatic rings. The molecule has 0 saturated heterocycles. The zero-order valence-electron chi connectivity index (χ0n) is 18.4. The summed E-state index contributed by atoms with van der Waals surface area (Å²) in [5.74, 6) is 0.830. The fraction of sp³-hybridized carbons (Fsp3) is 0.882. The van der Waals surface area contributed by atoms with Gasteiger partial charge in [0.05, 0.1) is 6.61 Å². The van der Waals surface area contributed by atoms with Crippen molar-refractivity contribution in [2.24, 2.45) is 5.92 Å². The lowest BCUT2D eigenvalue weighted by atomic mass is 10.0. The van der Waals surface area contributed by atoms with Gasteiger partial charge in [-0.3, -0.25) is 0 Å². The van der Waals surface area contributed by atoms with Crippen molar-refractivity contribution in [3.8, 4) is 0 Å². The number of hydrogen-bond donors (Lipinski definition) is 3. The molecule has 0 heterocycles. The van der Waals surface area contributed by atoms with Gasteiger partial charge in [0.2, 0.25) is 0 Å². The predicted molar refractivity (Wildman–Crippen MR) is 105 cm³/mol. The van der Waals surface area contributed by atoms with Crippen LogP contribution in [-0.2, 0) is 49.6 Å². The lowest BCUT2D eigenvalue weighted by Gasteiger charge is -2.04. The molecule has 13 nitrogen and oxygen atoms in total. The van der Waals surface area contributed by atoms with Crippen LogP contribution >= 0.6 is 7.82 Å². The molecule has 0 unspecified atom stereocenters. The van der Waals surface area contributed by atoms with Crippen molar-refractivity contribution < 1.29 is 64.3 Å². The molecule has 0 aromatic carbocycles. The molecule has 3 N–H and O–H groups in total. The fourth-order valence-corrected chi connectivity index (χ4v) is 2.16. The summed E-state index contributed by atoms with van der Waals surface area (Å²) in [4.78, 5) is 30.5. The smallest absolute Gasteiger partial charge is 0.314 e. The first-order valence-corrected chi connectivity index (χ1v) is 11.7. The Kier molecular flexibility index (Phi) is 26.8. The summed E-state index contributed by atoms with van der Waals surface area (Å²) < 4.78 is 8.88. The fourth-order valence-electron chi connectivity index (χ4n) is 2.16. The average molecular weight is 480 g/mol. The summed E-state index contributed by atoms with van der Waals surface area (Å²) in [6.45, 7) is 6.66. The lowest BCUT2D eigenvalue weighted by Crippen LogP contribution is -2.02. The number of hydrogen-bond acceptors (Lipinski definition) is 10. The van der Waals surface area contributed by atoms with Crippen molar-refractivity contribution in [2.75, 3.05) is 6.61 Å². The van der Waals surface area contributed by atoms with Gasteiger partial charge < -0.3 is 19.6 Å². The van der Waals surface area contributed by atoms with Crippen LogP contribution in [-0.4, -0.2) is 21.3 Å². The first-order valence-electron chi connectivity index (χ1n) is 10.1. The third-order valence-electron chi connectivity index (χ3n) is 3.45. The van der Waals surface area contributed by atoms with E-state index in [2.05, 4.69) is 54.0 Å². The molecule has 0 rings (SSSR count). The minimum Gasteiger partial charge on any atom is -0.314 e. The molecule has 0 saturated carbocycles. The molecule has 0 atom stereocenters. The van der Waals surface area contributed by atoms with Gasteiger partial charge in [0.15, 0.2) is 0 Å². The molecule has 188 valence electrons. The second kappa shape index (κ2) is 25.6. The molecule has 0 spiro atoms.